The normalized spacial score (nSPS) is 18.5. The molecule has 7 heteroatoms. The largest absolute Gasteiger partial charge is 0.504 e. The monoisotopic (exact) mass is 387 g/mol. The van der Waals surface area contributed by atoms with Crippen LogP contribution in [0.1, 0.15) is 11.6 Å². The van der Waals surface area contributed by atoms with Crippen molar-refractivity contribution in [1.82, 2.24) is 0 Å². The van der Waals surface area contributed by atoms with Crippen molar-refractivity contribution in [3.63, 3.8) is 0 Å². The second-order valence-corrected chi connectivity index (χ2v) is 6.29. The van der Waals surface area contributed by atoms with E-state index in [2.05, 4.69) is 6.58 Å². The lowest BCUT2D eigenvalue weighted by molar-refractivity contribution is 0.0823. The van der Waals surface area contributed by atoms with Gasteiger partial charge in [0.1, 0.15) is 0 Å². The maximum absolute atomic E-state index is 10.2. The van der Waals surface area contributed by atoms with E-state index in [9.17, 15) is 5.11 Å². The Labute approximate surface area is 164 Å². The Balaban J connectivity index is 2.07. The molecule has 0 aromatic heterocycles. The van der Waals surface area contributed by atoms with Gasteiger partial charge in [0.2, 0.25) is 5.75 Å². The molecule has 2 aromatic carbocycles. The average Bonchev–Trinajstić information content (AvgIpc) is 2.71. The molecule has 2 atom stereocenters. The van der Waals surface area contributed by atoms with Crippen molar-refractivity contribution in [3.8, 4) is 28.7 Å². The number of aromatic hydroxyl groups is 1. The molecule has 1 fully saturated rings. The van der Waals surface area contributed by atoms with Gasteiger partial charge >= 0.3 is 0 Å². The van der Waals surface area contributed by atoms with Crippen LogP contribution in [0.5, 0.6) is 28.7 Å². The Kier molecular flexibility index (Phi) is 5.56. The lowest BCUT2D eigenvalue weighted by Gasteiger charge is -2.51. The number of ether oxygens (including phenoxy) is 5. The van der Waals surface area contributed by atoms with Crippen molar-refractivity contribution >= 4 is 5.69 Å². The predicted octanol–water partition coefficient (Wildman–Crippen LogP) is 3.52. The first-order valence-corrected chi connectivity index (χ1v) is 8.67. The van der Waals surface area contributed by atoms with Crippen molar-refractivity contribution in [2.45, 2.75) is 12.3 Å². The highest BCUT2D eigenvalue weighted by Gasteiger charge is 2.44. The van der Waals surface area contributed by atoms with Crippen molar-refractivity contribution in [2.75, 3.05) is 40.4 Å². The molecule has 28 heavy (non-hydrogen) atoms. The first-order valence-electron chi connectivity index (χ1n) is 8.67. The Morgan fingerprint density at radius 1 is 0.857 bits per heavy atom. The predicted molar refractivity (Wildman–Crippen MR) is 106 cm³/mol. The second-order valence-electron chi connectivity index (χ2n) is 6.29. The molecule has 1 unspecified atom stereocenters. The van der Waals surface area contributed by atoms with Gasteiger partial charge in [-0.1, -0.05) is 12.6 Å². The van der Waals surface area contributed by atoms with E-state index < -0.39 is 0 Å². The van der Waals surface area contributed by atoms with E-state index in [4.69, 9.17) is 23.7 Å². The third kappa shape index (κ3) is 3.07. The Morgan fingerprint density at radius 3 is 1.93 bits per heavy atom. The first kappa shape index (κ1) is 19.7. The van der Waals surface area contributed by atoms with E-state index in [1.54, 1.807) is 40.6 Å². The van der Waals surface area contributed by atoms with E-state index >= 15 is 0 Å². The fourth-order valence-corrected chi connectivity index (χ4v) is 3.56. The maximum Gasteiger partial charge on any atom is 0.203 e. The van der Waals surface area contributed by atoms with Gasteiger partial charge < -0.3 is 33.7 Å². The smallest absolute Gasteiger partial charge is 0.203 e. The van der Waals surface area contributed by atoms with Crippen molar-refractivity contribution < 1.29 is 28.8 Å². The summed E-state index contributed by atoms with van der Waals surface area (Å²) in [5.41, 5.74) is 2.56. The van der Waals surface area contributed by atoms with Gasteiger partial charge in [0, 0.05) is 24.9 Å². The Morgan fingerprint density at radius 2 is 1.46 bits per heavy atom. The number of hydrogen-bond donors (Lipinski definition) is 1. The van der Waals surface area contributed by atoms with Crippen LogP contribution in [0, 0.1) is 0 Å². The number of rotatable bonds is 7. The van der Waals surface area contributed by atoms with Crippen molar-refractivity contribution in [1.29, 1.82) is 0 Å². The number of benzene rings is 2. The van der Waals surface area contributed by atoms with Crippen LogP contribution >= 0.6 is 0 Å². The van der Waals surface area contributed by atoms with Crippen molar-refractivity contribution in [2.24, 2.45) is 0 Å². The molecule has 150 valence electrons. The molecule has 0 saturated carbocycles. The molecule has 1 saturated heterocycles. The van der Waals surface area contributed by atoms with E-state index in [0.717, 1.165) is 16.8 Å². The summed E-state index contributed by atoms with van der Waals surface area (Å²) in [5, 5.41) is 10.2. The summed E-state index contributed by atoms with van der Waals surface area (Å²) in [4.78, 5) is 2.04. The zero-order valence-electron chi connectivity index (χ0n) is 16.7. The number of phenols is 1. The summed E-state index contributed by atoms with van der Waals surface area (Å²) < 4.78 is 27.1. The molecule has 3 rings (SSSR count). The molecule has 0 bridgehead atoms. The first-order chi connectivity index (χ1) is 13.5. The van der Waals surface area contributed by atoms with Crippen LogP contribution in [0.15, 0.2) is 42.5 Å². The lowest BCUT2D eigenvalue weighted by atomic mass is 9.87. The van der Waals surface area contributed by atoms with Gasteiger partial charge in [0.25, 0.3) is 0 Å². The number of hydrogen-bond acceptors (Lipinski definition) is 7. The molecule has 7 nitrogen and oxygen atoms in total. The lowest BCUT2D eigenvalue weighted by Crippen LogP contribution is -2.53. The van der Waals surface area contributed by atoms with Gasteiger partial charge in [-0.25, -0.2) is 0 Å². The van der Waals surface area contributed by atoms with E-state index in [1.807, 2.05) is 23.1 Å². The minimum atomic E-state index is -0.322. The fourth-order valence-electron chi connectivity index (χ4n) is 3.56. The molecule has 0 amide bonds. The Hall–Kier alpha value is -3.06. The van der Waals surface area contributed by atoms with Gasteiger partial charge in [-0.2, -0.15) is 0 Å². The molecule has 0 aliphatic carbocycles. The number of methoxy groups -OCH3 is 5. The highest BCUT2D eigenvalue weighted by Crippen LogP contribution is 2.51. The Bertz CT molecular complexity index is 856. The summed E-state index contributed by atoms with van der Waals surface area (Å²) in [5.74, 6) is 2.08. The summed E-state index contributed by atoms with van der Waals surface area (Å²) in [6, 6.07) is 8.82. The zero-order valence-corrected chi connectivity index (χ0v) is 16.7. The van der Waals surface area contributed by atoms with Crippen LogP contribution in [0.4, 0.5) is 5.69 Å². The quantitative estimate of drug-likeness (QED) is 0.729. The summed E-state index contributed by atoms with van der Waals surface area (Å²) in [7, 11) is 7.85. The zero-order chi connectivity index (χ0) is 20.4. The van der Waals surface area contributed by atoms with Gasteiger partial charge in [0.05, 0.1) is 34.5 Å². The summed E-state index contributed by atoms with van der Waals surface area (Å²) in [6.45, 7) is 4.17. The second kappa shape index (κ2) is 7.90. The van der Waals surface area contributed by atoms with Gasteiger partial charge in [-0.05, 0) is 23.3 Å². The van der Waals surface area contributed by atoms with Crippen LogP contribution in [0.2, 0.25) is 0 Å². The van der Waals surface area contributed by atoms with E-state index in [0.29, 0.717) is 23.0 Å². The molecule has 1 N–H and O–H groups in total. The van der Waals surface area contributed by atoms with Crippen molar-refractivity contribution in [3.05, 3.63) is 48.0 Å². The molecule has 1 aliphatic rings. The van der Waals surface area contributed by atoms with Gasteiger partial charge in [-0.3, -0.25) is 0 Å². The standard InChI is InChI=1S/C21H25NO6/c1-12-19(13-7-8-16(24-2)15(23)9-13)22(21(12)28-6)14-10-17(25-3)20(27-5)18(11-14)26-4/h7-11,19,21,23H,1H2,2-6H3/t19-,21?/m1/s1. The van der Waals surface area contributed by atoms with Crippen LogP contribution in [-0.2, 0) is 4.74 Å². The van der Waals surface area contributed by atoms with Gasteiger partial charge in [0.15, 0.2) is 29.2 Å². The third-order valence-electron chi connectivity index (χ3n) is 4.89. The minimum absolute atomic E-state index is 0.0681. The summed E-state index contributed by atoms with van der Waals surface area (Å²) in [6.07, 6.45) is -0.322. The molecular formula is C21H25NO6. The fraction of sp³-hybridized carbons (Fsp3) is 0.333. The van der Waals surface area contributed by atoms with Crippen LogP contribution in [-0.4, -0.2) is 46.9 Å². The van der Waals surface area contributed by atoms with E-state index in [-0.39, 0.29) is 18.0 Å². The maximum atomic E-state index is 10.2. The van der Waals surface area contributed by atoms with E-state index in [1.165, 1.54) is 7.11 Å². The number of nitrogens with zero attached hydrogens (tertiary/aromatic N) is 1. The van der Waals surface area contributed by atoms with Crippen LogP contribution < -0.4 is 23.8 Å². The topological polar surface area (TPSA) is 69.6 Å². The molecule has 2 aromatic rings. The number of phenolic OH excluding ortho intramolecular Hbond substituents is 1. The minimum Gasteiger partial charge on any atom is -0.504 e. The molecular weight excluding hydrogens is 362 g/mol. The molecule has 1 aliphatic heterocycles. The average molecular weight is 387 g/mol. The molecule has 0 spiro atoms. The van der Waals surface area contributed by atoms with Crippen LogP contribution in [0.25, 0.3) is 0 Å². The highest BCUT2D eigenvalue weighted by molar-refractivity contribution is 5.69. The third-order valence-corrected chi connectivity index (χ3v) is 4.89. The highest BCUT2D eigenvalue weighted by atomic mass is 16.5. The summed E-state index contributed by atoms with van der Waals surface area (Å²) >= 11 is 0. The number of anilines is 1. The molecule has 0 radical (unpaired) electrons. The molecule has 1 heterocycles. The van der Waals surface area contributed by atoms with Crippen LogP contribution in [0.3, 0.4) is 0 Å². The SMILES string of the molecule is C=C1C(OC)N(c2cc(OC)c(OC)c(OC)c2)[C@H]1c1ccc(OC)c(O)c1. The van der Waals surface area contributed by atoms with Gasteiger partial charge in [-0.15, -0.1) is 0 Å².